The van der Waals surface area contributed by atoms with E-state index in [2.05, 4.69) is 19.9 Å². The van der Waals surface area contributed by atoms with Gasteiger partial charge >= 0.3 is 12.5 Å². The maximum absolute atomic E-state index is 16.6. The first-order chi connectivity index (χ1) is 18.9. The number of pyridine rings is 2. The largest absolute Gasteiger partial charge is 0.484 e. The van der Waals surface area contributed by atoms with Crippen LogP contribution >= 0.6 is 0 Å². The number of amides is 1. The van der Waals surface area contributed by atoms with Gasteiger partial charge in [0.25, 0.3) is 5.91 Å². The van der Waals surface area contributed by atoms with E-state index in [0.29, 0.717) is 36.2 Å². The molecule has 0 spiro atoms. The molecule has 3 aromatic heterocycles. The average Bonchev–Trinajstić information content (AvgIpc) is 3.08. The highest BCUT2D eigenvalue weighted by Gasteiger charge is 2.74. The Morgan fingerprint density at radius 3 is 2.07 bits per heavy atom. The van der Waals surface area contributed by atoms with Crippen LogP contribution in [-0.2, 0) is 31.9 Å². The van der Waals surface area contributed by atoms with Crippen LogP contribution < -0.4 is 5.32 Å². The Kier molecular flexibility index (Phi) is 7.31. The van der Waals surface area contributed by atoms with Crippen LogP contribution in [0.15, 0.2) is 60.3 Å². The molecule has 4 atom stereocenters. The van der Waals surface area contributed by atoms with Gasteiger partial charge in [0.15, 0.2) is 5.54 Å². The smallest absolute Gasteiger partial charge is 0.272 e. The van der Waals surface area contributed by atoms with Crippen molar-refractivity contribution in [3.63, 3.8) is 0 Å². The van der Waals surface area contributed by atoms with E-state index >= 15 is 4.39 Å². The van der Waals surface area contributed by atoms with Crippen molar-refractivity contribution < 1.29 is 48.3 Å². The van der Waals surface area contributed by atoms with Gasteiger partial charge in [-0.1, -0.05) is 0 Å². The second kappa shape index (κ2) is 9.93. The second-order valence-corrected chi connectivity index (χ2v) is 11.0. The van der Waals surface area contributed by atoms with E-state index in [4.69, 9.17) is 0 Å². The molecule has 1 amide bonds. The van der Waals surface area contributed by atoms with Crippen LogP contribution in [0.4, 0.5) is 35.1 Å². The van der Waals surface area contributed by atoms with Gasteiger partial charge in [-0.3, -0.25) is 20.1 Å². The number of hydrogen-bond donors (Lipinski definition) is 1. The highest BCUT2D eigenvalue weighted by Crippen LogP contribution is 2.59. The van der Waals surface area contributed by atoms with Crippen LogP contribution in [0, 0.1) is 5.82 Å². The molecular weight excluding hydrogens is 592 g/mol. The Balaban J connectivity index is 2.18. The van der Waals surface area contributed by atoms with Gasteiger partial charge in [-0.2, -0.15) is 30.6 Å². The minimum Gasteiger partial charge on any atom is -0.272 e. The van der Waals surface area contributed by atoms with Crippen molar-refractivity contribution in [2.75, 3.05) is 0 Å². The van der Waals surface area contributed by atoms with Gasteiger partial charge in [0.1, 0.15) is 16.9 Å². The molecule has 9 nitrogen and oxygen atoms in total. The molecule has 0 radical (unpaired) electrons. The van der Waals surface area contributed by atoms with E-state index in [0.717, 1.165) is 38.4 Å². The van der Waals surface area contributed by atoms with E-state index < -0.39 is 73.7 Å². The van der Waals surface area contributed by atoms with Crippen molar-refractivity contribution in [2.24, 2.45) is 0 Å². The second-order valence-electron chi connectivity index (χ2n) is 9.18. The van der Waals surface area contributed by atoms with Crippen LogP contribution in [-0.4, -0.2) is 57.1 Å². The lowest BCUT2D eigenvalue weighted by atomic mass is 9.63. The minimum absolute atomic E-state index is 0.0641. The molecule has 0 aliphatic carbocycles. The molecule has 4 rings (SSSR count). The van der Waals surface area contributed by atoms with Gasteiger partial charge in [0, 0.05) is 36.5 Å². The number of sulfonamides is 1. The molecule has 0 saturated carbocycles. The lowest BCUT2D eigenvalue weighted by molar-refractivity contribution is -0.177. The molecule has 41 heavy (non-hydrogen) atoms. The van der Waals surface area contributed by atoms with E-state index in [-0.39, 0.29) is 9.87 Å². The van der Waals surface area contributed by atoms with Crippen LogP contribution in [0.3, 0.4) is 0 Å². The summed E-state index contributed by atoms with van der Waals surface area (Å²) in [5.74, 6) is -5.16. The first-order valence-electron chi connectivity index (χ1n) is 11.4. The first-order valence-corrected chi connectivity index (χ1v) is 12.8. The zero-order valence-electron chi connectivity index (χ0n) is 20.7. The van der Waals surface area contributed by atoms with E-state index in [1.165, 1.54) is 0 Å². The topological polar surface area (TPSA) is 118 Å². The molecule has 1 unspecified atom stereocenters. The highest BCUT2D eigenvalue weighted by molar-refractivity contribution is 7.89. The van der Waals surface area contributed by atoms with Gasteiger partial charge in [-0.25, -0.2) is 27.2 Å². The zero-order chi connectivity index (χ0) is 30.6. The molecule has 1 aliphatic rings. The predicted molar refractivity (Wildman–Crippen MR) is 122 cm³/mol. The van der Waals surface area contributed by atoms with E-state index in [9.17, 15) is 43.9 Å². The predicted octanol–water partition coefficient (Wildman–Crippen LogP) is 3.64. The van der Waals surface area contributed by atoms with Crippen LogP contribution in [0.2, 0.25) is 0 Å². The number of carbonyl (C=O) groups is 1. The summed E-state index contributed by atoms with van der Waals surface area (Å²) in [5.41, 5.74) is -7.13. The van der Waals surface area contributed by atoms with Gasteiger partial charge in [0.2, 0.25) is 15.8 Å². The fourth-order valence-corrected chi connectivity index (χ4v) is 7.19. The first kappa shape index (κ1) is 30.2. The summed E-state index contributed by atoms with van der Waals surface area (Å²) >= 11 is 0. The van der Waals surface area contributed by atoms with Crippen LogP contribution in [0.25, 0.3) is 0 Å². The summed E-state index contributed by atoms with van der Waals surface area (Å²) < 4.78 is 140. The lowest BCUT2D eigenvalue weighted by Crippen LogP contribution is -2.65. The molecule has 18 heteroatoms. The third kappa shape index (κ3) is 4.77. The Hall–Kier alpha value is -3.80. The van der Waals surface area contributed by atoms with Gasteiger partial charge in [-0.15, -0.1) is 0 Å². The van der Waals surface area contributed by atoms with E-state index in [1.807, 2.05) is 0 Å². The van der Waals surface area contributed by atoms with Gasteiger partial charge in [-0.05, 0) is 37.6 Å². The fourth-order valence-electron chi connectivity index (χ4n) is 5.22. The average molecular weight is 610 g/mol. The maximum atomic E-state index is 16.6. The monoisotopic (exact) mass is 610 g/mol. The number of rotatable bonds is 5. The number of halogens is 8. The zero-order valence-corrected chi connectivity index (χ0v) is 21.6. The van der Waals surface area contributed by atoms with E-state index in [1.54, 1.807) is 0 Å². The van der Waals surface area contributed by atoms with Crippen molar-refractivity contribution in [1.29, 1.82) is 0 Å². The molecule has 1 saturated heterocycles. The summed E-state index contributed by atoms with van der Waals surface area (Å²) in [4.78, 5) is 26.2. The number of aromatic nitrogens is 4. The Morgan fingerprint density at radius 2 is 1.56 bits per heavy atom. The molecular formula is C23H18F8N6O3S. The molecule has 1 N–H and O–H groups in total. The molecule has 220 valence electrons. The number of alkyl halides is 7. The summed E-state index contributed by atoms with van der Waals surface area (Å²) in [6, 6.07) is 0.655. The number of nitrogens with one attached hydrogen (secondary N) is 1. The third-order valence-corrected chi connectivity index (χ3v) is 8.79. The number of hydrogen-bond acceptors (Lipinski definition) is 7. The van der Waals surface area contributed by atoms with Gasteiger partial charge in [0.05, 0.1) is 17.7 Å². The summed E-state index contributed by atoms with van der Waals surface area (Å²) in [6.45, 7) is 1.86. The Morgan fingerprint density at radius 1 is 0.976 bits per heavy atom. The molecule has 1 fully saturated rings. The fraction of sp³-hybridized carbons (Fsp3) is 0.348. The summed E-state index contributed by atoms with van der Waals surface area (Å²) in [7, 11) is -5.35. The minimum atomic E-state index is -5.52. The maximum Gasteiger partial charge on any atom is 0.484 e. The summed E-state index contributed by atoms with van der Waals surface area (Å²) in [6.07, 6.45) is -9.19. The standard InChI is InChI=1S/C23H18F8N6O3S/c1-12-17(25)20(2,13-3-5-32-6-4-13)21(19(38)36-23(29,30)31,14-8-34-18(35-9-14)22(26,27)28)37(12)41(39,40)16-7-15(24)10-33-11-16/h3-12,17H,1-2H3,(H,36,38)/t12-,17-,20?,21+/m0/s1. The Labute approximate surface area is 226 Å². The van der Waals surface area contributed by atoms with Crippen LogP contribution in [0.5, 0.6) is 0 Å². The quantitative estimate of drug-likeness (QED) is 0.346. The normalized spacial score (nSPS) is 25.7. The number of carbonyl (C=O) groups excluding carboxylic acids is 1. The Bertz CT molecular complexity index is 1560. The number of nitrogens with zero attached hydrogens (tertiary/aromatic N) is 5. The van der Waals surface area contributed by atoms with Gasteiger partial charge < -0.3 is 0 Å². The van der Waals surface area contributed by atoms with Crippen molar-refractivity contribution in [1.82, 2.24) is 29.6 Å². The molecule has 4 heterocycles. The third-order valence-electron chi connectivity index (χ3n) is 6.85. The SMILES string of the molecule is C[C@H]1[C@H](F)C(C)(c2ccncc2)[C@](C(=O)NC(F)(F)F)(c2cnc(C(F)(F)F)nc2)N1S(=O)(=O)c1cncc(F)c1. The molecule has 1 aliphatic heterocycles. The molecule has 0 aromatic carbocycles. The van der Waals surface area contributed by atoms with Crippen molar-refractivity contribution in [3.8, 4) is 0 Å². The highest BCUT2D eigenvalue weighted by atomic mass is 32.2. The molecule has 3 aromatic rings. The summed E-state index contributed by atoms with van der Waals surface area (Å²) in [5, 5.41) is 0.681. The van der Waals surface area contributed by atoms with Crippen molar-refractivity contribution in [3.05, 3.63) is 78.1 Å². The molecule has 0 bridgehead atoms. The lowest BCUT2D eigenvalue weighted by Gasteiger charge is -2.46. The van der Waals surface area contributed by atoms with Crippen molar-refractivity contribution in [2.45, 2.75) is 54.4 Å². The van der Waals surface area contributed by atoms with Crippen molar-refractivity contribution >= 4 is 15.9 Å². The van der Waals surface area contributed by atoms with Crippen LogP contribution in [0.1, 0.15) is 30.8 Å².